The fraction of sp³-hybridized carbons (Fsp3) is 0.857. The second kappa shape index (κ2) is 5.09. The Hall–Kier alpha value is -0.610. The maximum absolute atomic E-state index is 11.3. The molecule has 4 nitrogen and oxygen atoms in total. The predicted octanol–water partition coefficient (Wildman–Crippen LogP) is 0.134. The first-order valence-electron chi connectivity index (χ1n) is 3.81. The van der Waals surface area contributed by atoms with Gasteiger partial charge in [0.05, 0.1) is 0 Å². The molecule has 11 heavy (non-hydrogen) atoms. The van der Waals surface area contributed by atoms with Crippen molar-refractivity contribution in [1.29, 1.82) is 0 Å². The van der Waals surface area contributed by atoms with Gasteiger partial charge in [-0.2, -0.15) is 0 Å². The second-order valence-electron chi connectivity index (χ2n) is 2.29. The van der Waals surface area contributed by atoms with Gasteiger partial charge in [0.25, 0.3) is 5.91 Å². The number of hydrogen-bond donors (Lipinski definition) is 1. The zero-order chi connectivity index (χ0) is 8.85. The van der Waals surface area contributed by atoms with E-state index in [1.807, 2.05) is 13.8 Å². The van der Waals surface area contributed by atoms with Crippen molar-refractivity contribution in [1.82, 2.24) is 4.90 Å². The van der Waals surface area contributed by atoms with Crippen LogP contribution < -0.4 is 5.90 Å². The van der Waals surface area contributed by atoms with Gasteiger partial charge in [-0.25, -0.2) is 5.90 Å². The van der Waals surface area contributed by atoms with Gasteiger partial charge in [-0.15, -0.1) is 0 Å². The number of hydrogen-bond acceptors (Lipinski definition) is 3. The van der Waals surface area contributed by atoms with Crippen LogP contribution in [-0.2, 0) is 9.63 Å². The number of likely N-dealkylation sites (N-methyl/N-ethyl adjacent to an activating group) is 1. The molecule has 0 saturated carbocycles. The van der Waals surface area contributed by atoms with Crippen molar-refractivity contribution >= 4 is 5.91 Å². The molecular weight excluding hydrogens is 144 g/mol. The molecule has 0 aliphatic carbocycles. The number of amides is 1. The molecule has 2 N–H and O–H groups in total. The Bertz CT molecular complexity index is 124. The van der Waals surface area contributed by atoms with E-state index in [-0.39, 0.29) is 5.91 Å². The summed E-state index contributed by atoms with van der Waals surface area (Å²) in [5.41, 5.74) is 0. The zero-order valence-electron chi connectivity index (χ0n) is 7.33. The second-order valence-corrected chi connectivity index (χ2v) is 2.29. The summed E-state index contributed by atoms with van der Waals surface area (Å²) in [5, 5.41) is 0. The lowest BCUT2D eigenvalue weighted by Crippen LogP contribution is -2.39. The summed E-state index contributed by atoms with van der Waals surface area (Å²) in [6.45, 7) is 6.88. The van der Waals surface area contributed by atoms with Gasteiger partial charge in [-0.3, -0.25) is 9.63 Å². The summed E-state index contributed by atoms with van der Waals surface area (Å²) < 4.78 is 0. The Morgan fingerprint density at radius 2 is 2.00 bits per heavy atom. The van der Waals surface area contributed by atoms with Gasteiger partial charge < -0.3 is 4.90 Å². The van der Waals surface area contributed by atoms with Crippen LogP contribution in [0, 0.1) is 0 Å². The molecule has 0 rings (SSSR count). The minimum absolute atomic E-state index is 0.0579. The fourth-order valence-electron chi connectivity index (χ4n) is 0.851. The first-order valence-corrected chi connectivity index (χ1v) is 3.81. The maximum Gasteiger partial charge on any atom is 0.253 e. The zero-order valence-corrected chi connectivity index (χ0v) is 7.33. The molecule has 0 saturated heterocycles. The van der Waals surface area contributed by atoms with Crippen LogP contribution in [0.25, 0.3) is 0 Å². The third kappa shape index (κ3) is 2.86. The molecule has 0 spiro atoms. The van der Waals surface area contributed by atoms with E-state index < -0.39 is 6.10 Å². The molecule has 0 bridgehead atoms. The molecular formula is C7H16N2O2. The largest absolute Gasteiger partial charge is 0.341 e. The molecule has 66 valence electrons. The minimum Gasteiger partial charge on any atom is -0.341 e. The van der Waals surface area contributed by atoms with Gasteiger partial charge in [0.15, 0.2) is 6.10 Å². The Morgan fingerprint density at radius 1 is 1.55 bits per heavy atom. The highest BCUT2D eigenvalue weighted by atomic mass is 16.6. The van der Waals surface area contributed by atoms with E-state index in [9.17, 15) is 4.79 Å². The van der Waals surface area contributed by atoms with Gasteiger partial charge >= 0.3 is 0 Å². The lowest BCUT2D eigenvalue weighted by molar-refractivity contribution is -0.142. The summed E-state index contributed by atoms with van der Waals surface area (Å²) >= 11 is 0. The molecule has 0 aliphatic rings. The Balaban J connectivity index is 3.97. The first-order chi connectivity index (χ1) is 5.17. The van der Waals surface area contributed by atoms with Crippen LogP contribution >= 0.6 is 0 Å². The summed E-state index contributed by atoms with van der Waals surface area (Å²) in [6, 6.07) is 0. The van der Waals surface area contributed by atoms with Gasteiger partial charge in [0.1, 0.15) is 0 Å². The van der Waals surface area contributed by atoms with Gasteiger partial charge in [-0.1, -0.05) is 0 Å². The van der Waals surface area contributed by atoms with Crippen molar-refractivity contribution < 1.29 is 9.63 Å². The highest BCUT2D eigenvalue weighted by Gasteiger charge is 2.17. The van der Waals surface area contributed by atoms with E-state index in [0.29, 0.717) is 13.1 Å². The van der Waals surface area contributed by atoms with E-state index in [0.717, 1.165) is 0 Å². The average Bonchev–Trinajstić information content (AvgIpc) is 2.05. The summed E-state index contributed by atoms with van der Waals surface area (Å²) in [6.07, 6.45) is -0.533. The highest BCUT2D eigenvalue weighted by Crippen LogP contribution is 1.95. The Morgan fingerprint density at radius 3 is 2.27 bits per heavy atom. The van der Waals surface area contributed by atoms with Gasteiger partial charge in [0.2, 0.25) is 0 Å². The highest BCUT2D eigenvalue weighted by molar-refractivity contribution is 5.80. The van der Waals surface area contributed by atoms with Crippen molar-refractivity contribution in [3.05, 3.63) is 0 Å². The third-order valence-electron chi connectivity index (χ3n) is 1.63. The number of carbonyl (C=O) groups is 1. The van der Waals surface area contributed by atoms with Crippen LogP contribution in [-0.4, -0.2) is 30.0 Å². The van der Waals surface area contributed by atoms with E-state index in [2.05, 4.69) is 4.84 Å². The predicted molar refractivity (Wildman–Crippen MR) is 42.7 cm³/mol. The van der Waals surface area contributed by atoms with Crippen LogP contribution in [0.3, 0.4) is 0 Å². The molecule has 0 aromatic heterocycles. The molecule has 1 unspecified atom stereocenters. The normalized spacial score (nSPS) is 12.7. The van der Waals surface area contributed by atoms with Crippen molar-refractivity contribution in [2.75, 3.05) is 13.1 Å². The molecule has 0 fully saturated rings. The molecule has 4 heteroatoms. The lowest BCUT2D eigenvalue weighted by Gasteiger charge is -2.21. The smallest absolute Gasteiger partial charge is 0.253 e. The lowest BCUT2D eigenvalue weighted by atomic mass is 10.3. The van der Waals surface area contributed by atoms with Crippen molar-refractivity contribution in [2.45, 2.75) is 26.9 Å². The third-order valence-corrected chi connectivity index (χ3v) is 1.63. The Kier molecular flexibility index (Phi) is 4.81. The summed E-state index contributed by atoms with van der Waals surface area (Å²) in [5.74, 6) is 4.81. The molecule has 0 aliphatic heterocycles. The quantitative estimate of drug-likeness (QED) is 0.595. The fourth-order valence-corrected chi connectivity index (χ4v) is 0.851. The van der Waals surface area contributed by atoms with Crippen LogP contribution in [0.2, 0.25) is 0 Å². The number of carbonyl (C=O) groups excluding carboxylic acids is 1. The van der Waals surface area contributed by atoms with E-state index >= 15 is 0 Å². The topological polar surface area (TPSA) is 55.6 Å². The van der Waals surface area contributed by atoms with Crippen LogP contribution in [0.4, 0.5) is 0 Å². The molecule has 0 aromatic carbocycles. The Labute approximate surface area is 67.3 Å². The van der Waals surface area contributed by atoms with Crippen LogP contribution in [0.5, 0.6) is 0 Å². The van der Waals surface area contributed by atoms with Crippen molar-refractivity contribution in [3.8, 4) is 0 Å². The summed E-state index contributed by atoms with van der Waals surface area (Å²) in [4.78, 5) is 17.3. The standard InChI is InChI=1S/C7H16N2O2/c1-4-9(5-2)7(10)6(3)11-8/h6H,4-5,8H2,1-3H3. The molecule has 0 heterocycles. The van der Waals surface area contributed by atoms with E-state index in [1.165, 1.54) is 0 Å². The minimum atomic E-state index is -0.533. The molecule has 1 atom stereocenters. The monoisotopic (exact) mass is 160 g/mol. The average molecular weight is 160 g/mol. The number of rotatable bonds is 4. The van der Waals surface area contributed by atoms with E-state index in [4.69, 9.17) is 5.90 Å². The number of nitrogens with zero attached hydrogens (tertiary/aromatic N) is 1. The van der Waals surface area contributed by atoms with Crippen molar-refractivity contribution in [3.63, 3.8) is 0 Å². The molecule has 1 amide bonds. The maximum atomic E-state index is 11.3. The molecule has 0 radical (unpaired) electrons. The first kappa shape index (κ1) is 10.4. The van der Waals surface area contributed by atoms with E-state index in [1.54, 1.807) is 11.8 Å². The SMILES string of the molecule is CCN(CC)C(=O)C(C)ON. The van der Waals surface area contributed by atoms with Crippen molar-refractivity contribution in [2.24, 2.45) is 5.90 Å². The van der Waals surface area contributed by atoms with Gasteiger partial charge in [-0.05, 0) is 20.8 Å². The summed E-state index contributed by atoms with van der Waals surface area (Å²) in [7, 11) is 0. The van der Waals surface area contributed by atoms with Gasteiger partial charge in [0, 0.05) is 13.1 Å². The molecule has 0 aromatic rings. The van der Waals surface area contributed by atoms with Crippen LogP contribution in [0.1, 0.15) is 20.8 Å². The number of nitrogens with two attached hydrogens (primary N) is 1. The van der Waals surface area contributed by atoms with Crippen LogP contribution in [0.15, 0.2) is 0 Å².